The highest BCUT2D eigenvalue weighted by atomic mass is 35.5. The van der Waals surface area contributed by atoms with Crippen LogP contribution in [0.4, 0.5) is 0 Å². The van der Waals surface area contributed by atoms with Crippen molar-refractivity contribution in [3.05, 3.63) is 35.3 Å². The van der Waals surface area contributed by atoms with Crippen LogP contribution in [0.2, 0.25) is 5.22 Å². The van der Waals surface area contributed by atoms with Crippen LogP contribution in [0.3, 0.4) is 0 Å². The molecule has 0 amide bonds. The zero-order valence-corrected chi connectivity index (χ0v) is 11.3. The lowest BCUT2D eigenvalue weighted by atomic mass is 10.1. The van der Waals surface area contributed by atoms with Gasteiger partial charge in [-0.05, 0) is 37.2 Å². The summed E-state index contributed by atoms with van der Waals surface area (Å²) in [5.41, 5.74) is 0. The van der Waals surface area contributed by atoms with Crippen molar-refractivity contribution >= 4 is 11.6 Å². The monoisotopic (exact) mass is 268 g/mol. The van der Waals surface area contributed by atoms with E-state index < -0.39 is 0 Å². The molecule has 0 aliphatic heterocycles. The second kappa shape index (κ2) is 6.02. The zero-order chi connectivity index (χ0) is 13.0. The summed E-state index contributed by atoms with van der Waals surface area (Å²) >= 11 is 5.80. The first-order valence-electron chi connectivity index (χ1n) is 6.03. The first kappa shape index (κ1) is 13.1. The van der Waals surface area contributed by atoms with Gasteiger partial charge in [-0.1, -0.05) is 6.92 Å². The molecule has 18 heavy (non-hydrogen) atoms. The van der Waals surface area contributed by atoms with Crippen molar-refractivity contribution in [2.24, 2.45) is 0 Å². The van der Waals surface area contributed by atoms with Crippen LogP contribution in [-0.2, 0) is 13.0 Å². The van der Waals surface area contributed by atoms with E-state index in [0.717, 1.165) is 31.0 Å². The van der Waals surface area contributed by atoms with Crippen LogP contribution in [0, 0.1) is 0 Å². The third-order valence-corrected chi connectivity index (χ3v) is 3.01. The van der Waals surface area contributed by atoms with Gasteiger partial charge in [-0.15, -0.1) is 0 Å². The molecule has 98 valence electrons. The average Bonchev–Trinajstić information content (AvgIpc) is 2.96. The van der Waals surface area contributed by atoms with Gasteiger partial charge in [-0.3, -0.25) is 4.68 Å². The summed E-state index contributed by atoms with van der Waals surface area (Å²) in [5, 5.41) is 7.82. The maximum atomic E-state index is 5.80. The third-order valence-electron chi connectivity index (χ3n) is 2.80. The average molecular weight is 269 g/mol. The van der Waals surface area contributed by atoms with Crippen LogP contribution in [0.15, 0.2) is 22.9 Å². The molecule has 0 fully saturated rings. The molecule has 2 aromatic heterocycles. The van der Waals surface area contributed by atoms with Gasteiger partial charge in [0.2, 0.25) is 0 Å². The Kier molecular flexibility index (Phi) is 4.38. The maximum absolute atomic E-state index is 5.80. The molecule has 0 spiro atoms. The number of hydrogen-bond donors (Lipinski definition) is 1. The summed E-state index contributed by atoms with van der Waals surface area (Å²) in [7, 11) is 1.89. The molecule has 0 saturated carbocycles. The van der Waals surface area contributed by atoms with Crippen LogP contribution < -0.4 is 5.32 Å². The fourth-order valence-corrected chi connectivity index (χ4v) is 2.04. The van der Waals surface area contributed by atoms with Crippen LogP contribution in [0.5, 0.6) is 0 Å². The van der Waals surface area contributed by atoms with Gasteiger partial charge in [-0.2, -0.15) is 5.10 Å². The molecule has 2 aromatic rings. The lowest BCUT2D eigenvalue weighted by molar-refractivity contribution is 0.417. The van der Waals surface area contributed by atoms with Gasteiger partial charge in [0.25, 0.3) is 0 Å². The summed E-state index contributed by atoms with van der Waals surface area (Å²) in [6, 6.07) is 3.68. The Bertz CT molecular complexity index is 494. The smallest absolute Gasteiger partial charge is 0.193 e. The normalized spacial score (nSPS) is 12.8. The second-order valence-electron chi connectivity index (χ2n) is 4.09. The number of hydrogen-bond acceptors (Lipinski definition) is 4. The quantitative estimate of drug-likeness (QED) is 0.874. The molecular formula is C12H17ClN4O. The van der Waals surface area contributed by atoms with Gasteiger partial charge in [0, 0.05) is 13.0 Å². The number of rotatable bonds is 6. The highest BCUT2D eigenvalue weighted by Gasteiger charge is 2.17. The van der Waals surface area contributed by atoms with E-state index in [9.17, 15) is 0 Å². The topological polar surface area (TPSA) is 55.9 Å². The molecule has 6 heteroatoms. The molecular weight excluding hydrogens is 252 g/mol. The van der Waals surface area contributed by atoms with Gasteiger partial charge in [0.05, 0.1) is 6.04 Å². The van der Waals surface area contributed by atoms with E-state index in [-0.39, 0.29) is 6.04 Å². The fraction of sp³-hybridized carbons (Fsp3) is 0.500. The SMILES string of the molecule is CCCn1ncnc1CC(NC)c1ccc(Cl)o1. The van der Waals surface area contributed by atoms with Crippen LogP contribution >= 0.6 is 11.6 Å². The Balaban J connectivity index is 2.12. The van der Waals surface area contributed by atoms with Gasteiger partial charge in [0.1, 0.15) is 17.9 Å². The lowest BCUT2D eigenvalue weighted by Gasteiger charge is -2.13. The number of halogens is 1. The van der Waals surface area contributed by atoms with Gasteiger partial charge < -0.3 is 9.73 Å². The van der Waals surface area contributed by atoms with Crippen molar-refractivity contribution in [2.75, 3.05) is 7.05 Å². The number of furan rings is 1. The fourth-order valence-electron chi connectivity index (χ4n) is 1.89. The molecule has 1 atom stereocenters. The molecule has 0 aromatic carbocycles. The Morgan fingerprint density at radius 2 is 2.33 bits per heavy atom. The van der Waals surface area contributed by atoms with Crippen LogP contribution in [0.1, 0.15) is 31.0 Å². The van der Waals surface area contributed by atoms with E-state index in [0.29, 0.717) is 5.22 Å². The number of nitrogens with one attached hydrogen (secondary N) is 1. The summed E-state index contributed by atoms with van der Waals surface area (Å²) in [5.74, 6) is 1.76. The molecule has 2 rings (SSSR count). The van der Waals surface area contributed by atoms with Crippen LogP contribution in [0.25, 0.3) is 0 Å². The molecule has 0 aliphatic carbocycles. The zero-order valence-electron chi connectivity index (χ0n) is 10.6. The molecule has 0 radical (unpaired) electrons. The standard InChI is InChI=1S/C12H17ClN4O/c1-3-6-17-12(15-8-16-17)7-9(14-2)10-4-5-11(13)18-10/h4-5,8-9,14H,3,6-7H2,1-2H3. The summed E-state index contributed by atoms with van der Waals surface area (Å²) in [6.07, 6.45) is 3.35. The van der Waals surface area contributed by atoms with Crippen molar-refractivity contribution < 1.29 is 4.42 Å². The van der Waals surface area contributed by atoms with Gasteiger partial charge in [0.15, 0.2) is 5.22 Å². The van der Waals surface area contributed by atoms with E-state index in [2.05, 4.69) is 22.3 Å². The Morgan fingerprint density at radius 1 is 1.50 bits per heavy atom. The lowest BCUT2D eigenvalue weighted by Crippen LogP contribution is -2.20. The first-order chi connectivity index (χ1) is 8.74. The molecule has 1 N–H and O–H groups in total. The van der Waals surface area contributed by atoms with Gasteiger partial charge in [-0.25, -0.2) is 4.98 Å². The minimum absolute atomic E-state index is 0.0531. The van der Waals surface area contributed by atoms with Crippen molar-refractivity contribution in [2.45, 2.75) is 32.4 Å². The number of nitrogens with zero attached hydrogens (tertiary/aromatic N) is 3. The van der Waals surface area contributed by atoms with E-state index in [1.54, 1.807) is 12.4 Å². The summed E-state index contributed by atoms with van der Waals surface area (Å²) in [4.78, 5) is 4.29. The van der Waals surface area contributed by atoms with Crippen molar-refractivity contribution in [1.82, 2.24) is 20.1 Å². The van der Waals surface area contributed by atoms with Crippen molar-refractivity contribution in [1.29, 1.82) is 0 Å². The first-order valence-corrected chi connectivity index (χ1v) is 6.41. The third kappa shape index (κ3) is 2.91. The predicted octanol–water partition coefficient (Wildman–Crippen LogP) is 2.44. The van der Waals surface area contributed by atoms with Crippen LogP contribution in [-0.4, -0.2) is 21.8 Å². The Morgan fingerprint density at radius 3 is 2.94 bits per heavy atom. The maximum Gasteiger partial charge on any atom is 0.193 e. The van der Waals surface area contributed by atoms with E-state index in [1.807, 2.05) is 17.8 Å². The molecule has 2 heterocycles. The second-order valence-corrected chi connectivity index (χ2v) is 4.46. The molecule has 0 aliphatic rings. The van der Waals surface area contributed by atoms with Crippen molar-refractivity contribution in [3.8, 4) is 0 Å². The molecule has 0 bridgehead atoms. The number of aromatic nitrogens is 3. The van der Waals surface area contributed by atoms with Gasteiger partial charge >= 0.3 is 0 Å². The highest BCUT2D eigenvalue weighted by molar-refractivity contribution is 6.28. The summed E-state index contributed by atoms with van der Waals surface area (Å²) < 4.78 is 7.36. The molecule has 1 unspecified atom stereocenters. The minimum Gasteiger partial charge on any atom is -0.448 e. The van der Waals surface area contributed by atoms with E-state index in [4.69, 9.17) is 16.0 Å². The van der Waals surface area contributed by atoms with E-state index >= 15 is 0 Å². The minimum atomic E-state index is 0.0531. The van der Waals surface area contributed by atoms with Crippen molar-refractivity contribution in [3.63, 3.8) is 0 Å². The molecule has 5 nitrogen and oxygen atoms in total. The Hall–Kier alpha value is -1.33. The van der Waals surface area contributed by atoms with E-state index in [1.165, 1.54) is 0 Å². The number of aryl methyl sites for hydroxylation is 1. The number of likely N-dealkylation sites (N-methyl/N-ethyl adjacent to an activating group) is 1. The molecule has 0 saturated heterocycles. The Labute approximate surface area is 111 Å². The highest BCUT2D eigenvalue weighted by Crippen LogP contribution is 2.22. The summed E-state index contributed by atoms with van der Waals surface area (Å²) in [6.45, 7) is 3.00. The largest absolute Gasteiger partial charge is 0.448 e. The predicted molar refractivity (Wildman–Crippen MR) is 69.5 cm³/mol.